The summed E-state index contributed by atoms with van der Waals surface area (Å²) < 4.78 is 5.27. The number of ether oxygens (including phenoxy) is 1. The largest absolute Gasteiger partial charge is 0.377 e. The number of benzene rings is 1. The molecule has 0 aromatic heterocycles. The summed E-state index contributed by atoms with van der Waals surface area (Å²) in [5.41, 5.74) is 7.19. The highest BCUT2D eigenvalue weighted by Crippen LogP contribution is 2.13. The summed E-state index contributed by atoms with van der Waals surface area (Å²) in [6, 6.07) is 6.36. The summed E-state index contributed by atoms with van der Waals surface area (Å²) in [4.78, 5) is 25.6. The first-order valence-corrected chi connectivity index (χ1v) is 6.81. The van der Waals surface area contributed by atoms with E-state index in [1.807, 2.05) is 12.1 Å². The average Bonchev–Trinajstić information content (AvgIpc) is 2.54. The van der Waals surface area contributed by atoms with Gasteiger partial charge in [-0.15, -0.1) is 0 Å². The lowest BCUT2D eigenvalue weighted by Gasteiger charge is -2.34. The van der Waals surface area contributed by atoms with Gasteiger partial charge >= 0.3 is 6.03 Å². The summed E-state index contributed by atoms with van der Waals surface area (Å²) >= 11 is 0. The van der Waals surface area contributed by atoms with Crippen LogP contribution in [0.4, 0.5) is 10.5 Å². The zero-order valence-corrected chi connectivity index (χ0v) is 12.0. The molecule has 2 rings (SSSR count). The molecule has 0 aliphatic carbocycles. The molecule has 1 unspecified atom stereocenters. The second-order valence-corrected chi connectivity index (χ2v) is 4.73. The highest BCUT2D eigenvalue weighted by Gasteiger charge is 2.32. The molecule has 0 saturated carbocycles. The van der Waals surface area contributed by atoms with Crippen molar-refractivity contribution in [2.24, 2.45) is 5.73 Å². The first-order chi connectivity index (χ1) is 10.2. The van der Waals surface area contributed by atoms with Crippen LogP contribution in [-0.4, -0.2) is 49.7 Å². The number of hydrogen-bond acceptors (Lipinski definition) is 4. The molecule has 7 nitrogen and oxygen atoms in total. The van der Waals surface area contributed by atoms with E-state index in [0.29, 0.717) is 25.4 Å². The Morgan fingerprint density at radius 2 is 2.10 bits per heavy atom. The van der Waals surface area contributed by atoms with Gasteiger partial charge in [-0.25, -0.2) is 4.79 Å². The van der Waals surface area contributed by atoms with Crippen molar-refractivity contribution in [2.45, 2.75) is 12.6 Å². The predicted molar refractivity (Wildman–Crippen MR) is 78.7 cm³/mol. The van der Waals surface area contributed by atoms with Gasteiger partial charge in [0.05, 0.1) is 13.2 Å². The second-order valence-electron chi connectivity index (χ2n) is 4.73. The first-order valence-electron chi connectivity index (χ1n) is 6.81. The van der Waals surface area contributed by atoms with E-state index in [9.17, 15) is 9.59 Å². The van der Waals surface area contributed by atoms with Crippen LogP contribution in [0.5, 0.6) is 0 Å². The molecule has 0 radical (unpaired) electrons. The fourth-order valence-corrected chi connectivity index (χ4v) is 2.15. The smallest absolute Gasteiger partial charge is 0.322 e. The van der Waals surface area contributed by atoms with E-state index in [4.69, 9.17) is 10.5 Å². The number of rotatable bonds is 3. The topological polar surface area (TPSA) is 96.7 Å². The van der Waals surface area contributed by atoms with Crippen LogP contribution < -0.4 is 16.4 Å². The van der Waals surface area contributed by atoms with Crippen LogP contribution in [0.25, 0.3) is 0 Å². The maximum atomic E-state index is 12.3. The fraction of sp³-hybridized carbons (Fsp3) is 0.429. The van der Waals surface area contributed by atoms with Crippen molar-refractivity contribution in [1.29, 1.82) is 0 Å². The summed E-state index contributed by atoms with van der Waals surface area (Å²) in [5.74, 6) is -0.233. The van der Waals surface area contributed by atoms with Gasteiger partial charge < -0.3 is 26.0 Å². The monoisotopic (exact) mass is 292 g/mol. The summed E-state index contributed by atoms with van der Waals surface area (Å²) in [6.07, 6.45) is 0. The molecule has 0 spiro atoms. The van der Waals surface area contributed by atoms with Gasteiger partial charge in [0.1, 0.15) is 6.04 Å². The van der Waals surface area contributed by atoms with Gasteiger partial charge in [-0.05, 0) is 17.7 Å². The molecule has 1 heterocycles. The molecule has 114 valence electrons. The van der Waals surface area contributed by atoms with Crippen molar-refractivity contribution >= 4 is 17.6 Å². The lowest BCUT2D eigenvalue weighted by molar-refractivity contribution is -0.129. The van der Waals surface area contributed by atoms with E-state index >= 15 is 0 Å². The van der Waals surface area contributed by atoms with Crippen LogP contribution in [0.15, 0.2) is 24.3 Å². The fourth-order valence-electron chi connectivity index (χ4n) is 2.15. The Balaban J connectivity index is 2.04. The zero-order chi connectivity index (χ0) is 15.2. The van der Waals surface area contributed by atoms with Crippen molar-refractivity contribution in [1.82, 2.24) is 10.2 Å². The quantitative estimate of drug-likeness (QED) is 0.737. The van der Waals surface area contributed by atoms with E-state index < -0.39 is 6.04 Å². The van der Waals surface area contributed by atoms with Gasteiger partial charge in [-0.3, -0.25) is 4.79 Å². The van der Waals surface area contributed by atoms with Crippen LogP contribution in [0.3, 0.4) is 0 Å². The summed E-state index contributed by atoms with van der Waals surface area (Å²) in [7, 11) is 1.54. The molecule has 4 N–H and O–H groups in total. The van der Waals surface area contributed by atoms with Crippen LogP contribution in [-0.2, 0) is 16.1 Å². The Hall–Kier alpha value is -2.12. The molecular formula is C14H20N4O3. The van der Waals surface area contributed by atoms with Crippen LogP contribution in [0.2, 0.25) is 0 Å². The molecule has 1 atom stereocenters. The van der Waals surface area contributed by atoms with Gasteiger partial charge in [-0.2, -0.15) is 0 Å². The molecule has 0 bridgehead atoms. The van der Waals surface area contributed by atoms with Gasteiger partial charge in [-0.1, -0.05) is 12.1 Å². The molecular weight excluding hydrogens is 272 g/mol. The summed E-state index contributed by atoms with van der Waals surface area (Å²) in [6.45, 7) is 1.47. The summed E-state index contributed by atoms with van der Waals surface area (Å²) in [5, 5.41) is 5.33. The minimum atomic E-state index is -0.605. The Morgan fingerprint density at radius 1 is 1.38 bits per heavy atom. The van der Waals surface area contributed by atoms with Gasteiger partial charge in [0.2, 0.25) is 5.91 Å². The van der Waals surface area contributed by atoms with E-state index in [1.54, 1.807) is 19.2 Å². The third-order valence-corrected chi connectivity index (χ3v) is 3.38. The van der Waals surface area contributed by atoms with Crippen molar-refractivity contribution in [2.75, 3.05) is 32.1 Å². The van der Waals surface area contributed by atoms with E-state index in [1.165, 1.54) is 4.90 Å². The lowest BCUT2D eigenvalue weighted by atomic mass is 10.2. The third-order valence-electron chi connectivity index (χ3n) is 3.38. The Morgan fingerprint density at radius 3 is 2.71 bits per heavy atom. The molecule has 1 aliphatic rings. The normalized spacial score (nSPS) is 18.2. The standard InChI is InChI=1S/C14H20N4O3/c1-16-13(19)12-9-21-7-6-18(12)14(20)17-11-4-2-10(8-15)3-5-11/h2-5,12H,6-9,15H2,1H3,(H,16,19)(H,17,20). The van der Waals surface area contributed by atoms with Crippen molar-refractivity contribution < 1.29 is 14.3 Å². The Labute approximate surface area is 123 Å². The van der Waals surface area contributed by atoms with Crippen LogP contribution >= 0.6 is 0 Å². The van der Waals surface area contributed by atoms with Gasteiger partial charge in [0, 0.05) is 25.8 Å². The number of nitrogens with zero attached hydrogens (tertiary/aromatic N) is 1. The lowest BCUT2D eigenvalue weighted by Crippen LogP contribution is -2.56. The van der Waals surface area contributed by atoms with E-state index in [-0.39, 0.29) is 18.5 Å². The third kappa shape index (κ3) is 3.71. The zero-order valence-electron chi connectivity index (χ0n) is 12.0. The second kappa shape index (κ2) is 7.05. The molecule has 3 amide bonds. The molecule has 1 aromatic rings. The van der Waals surface area contributed by atoms with Crippen molar-refractivity contribution in [3.8, 4) is 0 Å². The van der Waals surface area contributed by atoms with Crippen LogP contribution in [0.1, 0.15) is 5.56 Å². The van der Waals surface area contributed by atoms with Crippen molar-refractivity contribution in [3.63, 3.8) is 0 Å². The average molecular weight is 292 g/mol. The number of morpholine rings is 1. The minimum Gasteiger partial charge on any atom is -0.377 e. The Bertz CT molecular complexity index is 503. The van der Waals surface area contributed by atoms with Crippen LogP contribution in [0, 0.1) is 0 Å². The highest BCUT2D eigenvalue weighted by atomic mass is 16.5. The van der Waals surface area contributed by atoms with Gasteiger partial charge in [0.15, 0.2) is 0 Å². The van der Waals surface area contributed by atoms with E-state index in [2.05, 4.69) is 10.6 Å². The molecule has 21 heavy (non-hydrogen) atoms. The molecule has 1 fully saturated rings. The molecule has 1 aliphatic heterocycles. The number of amides is 3. The van der Waals surface area contributed by atoms with Gasteiger partial charge in [0.25, 0.3) is 0 Å². The molecule has 1 saturated heterocycles. The number of nitrogens with two attached hydrogens (primary N) is 1. The predicted octanol–water partition coefficient (Wildman–Crippen LogP) is 0.124. The molecule has 7 heteroatoms. The first kappa shape index (κ1) is 15.3. The number of carbonyl (C=O) groups is 2. The maximum Gasteiger partial charge on any atom is 0.322 e. The van der Waals surface area contributed by atoms with E-state index in [0.717, 1.165) is 5.56 Å². The SMILES string of the molecule is CNC(=O)C1COCCN1C(=O)Nc1ccc(CN)cc1. The number of anilines is 1. The number of nitrogens with one attached hydrogen (secondary N) is 2. The molecule has 1 aromatic carbocycles. The maximum absolute atomic E-state index is 12.3. The highest BCUT2D eigenvalue weighted by molar-refractivity contribution is 5.94. The number of urea groups is 1. The number of carbonyl (C=O) groups excluding carboxylic acids is 2. The minimum absolute atomic E-state index is 0.208. The number of likely N-dealkylation sites (N-methyl/N-ethyl adjacent to an activating group) is 1. The van der Waals surface area contributed by atoms with Crippen molar-refractivity contribution in [3.05, 3.63) is 29.8 Å². The number of hydrogen-bond donors (Lipinski definition) is 3. The Kier molecular flexibility index (Phi) is 5.13.